The van der Waals surface area contributed by atoms with Crippen molar-refractivity contribution in [3.8, 4) is 11.5 Å². The van der Waals surface area contributed by atoms with Gasteiger partial charge in [0.15, 0.2) is 11.5 Å². The van der Waals surface area contributed by atoms with Crippen LogP contribution in [-0.4, -0.2) is 21.1 Å². The quantitative estimate of drug-likeness (QED) is 0.770. The highest BCUT2D eigenvalue weighted by atomic mass is 32.2. The van der Waals surface area contributed by atoms with Gasteiger partial charge in [0.05, 0.1) is 12.0 Å². The molecule has 9 heteroatoms. The fraction of sp³-hybridized carbons (Fsp3) is 0.421. The van der Waals surface area contributed by atoms with Crippen LogP contribution in [0.25, 0.3) is 0 Å². The zero-order valence-electron chi connectivity index (χ0n) is 15.3. The summed E-state index contributed by atoms with van der Waals surface area (Å²) >= 11 is 1.08. The number of fused-ring (bicyclic) bond motifs is 1. The van der Waals surface area contributed by atoms with Crippen molar-refractivity contribution in [1.29, 1.82) is 0 Å². The molecule has 0 atom stereocenters. The summed E-state index contributed by atoms with van der Waals surface area (Å²) in [5.74, 6) is 1.33. The Hall–Kier alpha value is -2.10. The van der Waals surface area contributed by atoms with Crippen LogP contribution in [0.2, 0.25) is 0 Å². The molecule has 1 saturated carbocycles. The molecule has 0 spiro atoms. The van der Waals surface area contributed by atoms with Crippen LogP contribution in [0.3, 0.4) is 0 Å². The van der Waals surface area contributed by atoms with Crippen LogP contribution in [0.5, 0.6) is 11.5 Å². The van der Waals surface area contributed by atoms with Gasteiger partial charge in [0.25, 0.3) is 0 Å². The second-order valence-electron chi connectivity index (χ2n) is 7.16. The molecule has 0 bridgehead atoms. The maximum Gasteiger partial charge on any atom is 0.247 e. The Morgan fingerprint density at radius 2 is 1.86 bits per heavy atom. The number of nitrogens with two attached hydrogens (primary N) is 1. The summed E-state index contributed by atoms with van der Waals surface area (Å²) in [5, 5.41) is 8.16. The van der Waals surface area contributed by atoms with E-state index in [0.29, 0.717) is 11.5 Å². The zero-order valence-corrected chi connectivity index (χ0v) is 16.9. The number of amides is 1. The van der Waals surface area contributed by atoms with Crippen molar-refractivity contribution >= 4 is 27.3 Å². The van der Waals surface area contributed by atoms with Crippen LogP contribution in [0.15, 0.2) is 34.5 Å². The summed E-state index contributed by atoms with van der Waals surface area (Å²) in [6.07, 6.45) is 4.62. The lowest BCUT2D eigenvalue weighted by Crippen LogP contribution is -2.45. The van der Waals surface area contributed by atoms with E-state index in [-0.39, 0.29) is 23.5 Å². The Balaban J connectivity index is 1.55. The summed E-state index contributed by atoms with van der Waals surface area (Å²) in [6.45, 7) is 0.466. The molecule has 1 amide bonds. The molecule has 7 nitrogen and oxygen atoms in total. The first kappa shape index (κ1) is 19.2. The summed E-state index contributed by atoms with van der Waals surface area (Å²) < 4.78 is 33.9. The molecule has 1 aromatic heterocycles. The Morgan fingerprint density at radius 3 is 2.57 bits per heavy atom. The molecule has 28 heavy (non-hydrogen) atoms. The highest BCUT2D eigenvalue weighted by Gasteiger charge is 2.41. The number of benzene rings is 1. The van der Waals surface area contributed by atoms with Gasteiger partial charge in [0.2, 0.25) is 22.7 Å². The van der Waals surface area contributed by atoms with Crippen LogP contribution in [0, 0.1) is 0 Å². The van der Waals surface area contributed by atoms with Gasteiger partial charge in [-0.1, -0.05) is 25.3 Å². The molecule has 3 N–H and O–H groups in total. The summed E-state index contributed by atoms with van der Waals surface area (Å²) in [7, 11) is -3.72. The predicted octanol–water partition coefficient (Wildman–Crippen LogP) is 2.64. The molecular formula is C19H22N2O5S2. The number of hydrogen-bond donors (Lipinski definition) is 2. The summed E-state index contributed by atoms with van der Waals surface area (Å²) in [4.78, 5) is 14.0. The van der Waals surface area contributed by atoms with Gasteiger partial charge in [0, 0.05) is 4.88 Å². The van der Waals surface area contributed by atoms with Crippen molar-refractivity contribution in [1.82, 2.24) is 5.32 Å². The van der Waals surface area contributed by atoms with E-state index in [1.165, 1.54) is 6.07 Å². The third-order valence-electron chi connectivity index (χ3n) is 5.41. The molecule has 0 unspecified atom stereocenters. The first-order valence-electron chi connectivity index (χ1n) is 9.18. The summed E-state index contributed by atoms with van der Waals surface area (Å²) in [6, 6.07) is 8.87. The van der Waals surface area contributed by atoms with E-state index in [1.807, 2.05) is 18.2 Å². The molecule has 1 aliphatic carbocycles. The second-order valence-corrected chi connectivity index (χ2v) is 10.1. The van der Waals surface area contributed by atoms with E-state index in [4.69, 9.17) is 14.6 Å². The fourth-order valence-electron chi connectivity index (χ4n) is 3.94. The minimum atomic E-state index is -3.72. The first-order chi connectivity index (χ1) is 13.4. The second kappa shape index (κ2) is 7.38. The highest BCUT2D eigenvalue weighted by molar-refractivity contribution is 7.91. The van der Waals surface area contributed by atoms with Crippen molar-refractivity contribution in [3.63, 3.8) is 0 Å². The van der Waals surface area contributed by atoms with Gasteiger partial charge in [-0.05, 0) is 42.7 Å². The number of carbonyl (C=O) groups is 1. The lowest BCUT2D eigenvalue weighted by molar-refractivity contribution is -0.128. The van der Waals surface area contributed by atoms with Crippen molar-refractivity contribution in [2.45, 2.75) is 48.3 Å². The zero-order chi connectivity index (χ0) is 19.8. The number of rotatable bonds is 5. The van der Waals surface area contributed by atoms with Gasteiger partial charge in [-0.2, -0.15) is 0 Å². The van der Waals surface area contributed by atoms with Crippen LogP contribution in [0.1, 0.15) is 42.5 Å². The molecule has 0 saturated heterocycles. The third-order valence-corrected chi connectivity index (χ3v) is 7.93. The molecule has 2 aliphatic rings. The topological polar surface area (TPSA) is 108 Å². The maximum absolute atomic E-state index is 13.3. The standard InChI is InChI=1S/C19H22N2O5S2/c20-28(23,24)17-7-5-14(27-17)11-21-18(22)19(8-2-1-3-9-19)13-4-6-15-16(10-13)26-12-25-15/h4-7,10H,1-3,8-9,11-12H2,(H,21,22)(H2,20,23,24). The average molecular weight is 423 g/mol. The van der Waals surface area contributed by atoms with Crippen LogP contribution < -0.4 is 19.9 Å². The number of ether oxygens (including phenoxy) is 2. The monoisotopic (exact) mass is 422 g/mol. The Bertz CT molecular complexity index is 994. The Labute approximate surface area is 167 Å². The number of thiophene rings is 1. The number of carbonyl (C=O) groups excluding carboxylic acids is 1. The van der Waals surface area contributed by atoms with Gasteiger partial charge in [-0.15, -0.1) is 11.3 Å². The average Bonchev–Trinajstić information content (AvgIpc) is 3.35. The molecule has 2 heterocycles. The molecule has 1 aromatic carbocycles. The van der Waals surface area contributed by atoms with E-state index < -0.39 is 15.4 Å². The van der Waals surface area contributed by atoms with Crippen molar-refractivity contribution in [3.05, 3.63) is 40.8 Å². The van der Waals surface area contributed by atoms with Gasteiger partial charge in [0.1, 0.15) is 4.21 Å². The van der Waals surface area contributed by atoms with Gasteiger partial charge in [-0.3, -0.25) is 4.79 Å². The number of primary sulfonamides is 1. The minimum Gasteiger partial charge on any atom is -0.454 e. The highest BCUT2D eigenvalue weighted by Crippen LogP contribution is 2.43. The molecule has 1 fully saturated rings. The SMILES string of the molecule is NS(=O)(=O)c1ccc(CNC(=O)C2(c3ccc4c(c3)OCO4)CCCCC2)s1. The van der Waals surface area contributed by atoms with E-state index in [0.717, 1.165) is 53.9 Å². The maximum atomic E-state index is 13.3. The molecular weight excluding hydrogens is 400 g/mol. The van der Waals surface area contributed by atoms with Crippen molar-refractivity contribution in [2.75, 3.05) is 6.79 Å². The van der Waals surface area contributed by atoms with Gasteiger partial charge < -0.3 is 14.8 Å². The van der Waals surface area contributed by atoms with E-state index >= 15 is 0 Å². The number of nitrogens with one attached hydrogen (secondary N) is 1. The van der Waals surface area contributed by atoms with Crippen molar-refractivity contribution < 1.29 is 22.7 Å². The van der Waals surface area contributed by atoms with Gasteiger partial charge >= 0.3 is 0 Å². The smallest absolute Gasteiger partial charge is 0.247 e. The minimum absolute atomic E-state index is 0.0448. The van der Waals surface area contributed by atoms with E-state index in [2.05, 4.69) is 5.32 Å². The first-order valence-corrected chi connectivity index (χ1v) is 11.5. The fourth-order valence-corrected chi connectivity index (χ4v) is 5.66. The number of hydrogen-bond acceptors (Lipinski definition) is 6. The normalized spacial score (nSPS) is 18.0. The van der Waals surface area contributed by atoms with Crippen LogP contribution >= 0.6 is 11.3 Å². The van der Waals surface area contributed by atoms with Crippen molar-refractivity contribution in [2.24, 2.45) is 5.14 Å². The largest absolute Gasteiger partial charge is 0.454 e. The molecule has 0 radical (unpaired) electrons. The van der Waals surface area contributed by atoms with E-state index in [9.17, 15) is 13.2 Å². The van der Waals surface area contributed by atoms with E-state index in [1.54, 1.807) is 6.07 Å². The third kappa shape index (κ3) is 3.61. The molecule has 4 rings (SSSR count). The lowest BCUT2D eigenvalue weighted by atomic mass is 9.68. The predicted molar refractivity (Wildman–Crippen MR) is 105 cm³/mol. The Morgan fingerprint density at radius 1 is 1.11 bits per heavy atom. The molecule has 1 aliphatic heterocycles. The lowest BCUT2D eigenvalue weighted by Gasteiger charge is -2.36. The number of sulfonamides is 1. The van der Waals surface area contributed by atoms with Gasteiger partial charge in [-0.25, -0.2) is 13.6 Å². The van der Waals surface area contributed by atoms with Crippen LogP contribution in [-0.2, 0) is 26.8 Å². The molecule has 150 valence electrons. The Kier molecular flexibility index (Phi) is 5.07. The summed E-state index contributed by atoms with van der Waals surface area (Å²) in [5.41, 5.74) is 0.324. The molecule has 2 aromatic rings. The van der Waals surface area contributed by atoms with Crippen LogP contribution in [0.4, 0.5) is 0 Å².